The fourth-order valence-corrected chi connectivity index (χ4v) is 1.34. The quantitative estimate of drug-likeness (QED) is 0.587. The lowest BCUT2D eigenvalue weighted by Crippen LogP contribution is -2.27. The van der Waals surface area contributed by atoms with Crippen LogP contribution in [0.3, 0.4) is 0 Å². The molecule has 1 atom stereocenters. The Kier molecular flexibility index (Phi) is 6.57. The van der Waals surface area contributed by atoms with Crippen molar-refractivity contribution < 1.29 is 0 Å². The lowest BCUT2D eigenvalue weighted by atomic mass is 10.1. The molecule has 2 heteroatoms. The van der Waals surface area contributed by atoms with Crippen LogP contribution in [0, 0.1) is 0 Å². The second-order valence-electron chi connectivity index (χ2n) is 3.27. The molecule has 2 nitrogen and oxygen atoms in total. The maximum atomic E-state index is 3.17. The van der Waals surface area contributed by atoms with Crippen LogP contribution in [0.5, 0.6) is 0 Å². The van der Waals surface area contributed by atoms with E-state index >= 15 is 0 Å². The van der Waals surface area contributed by atoms with Gasteiger partial charge in [-0.05, 0) is 47.0 Å². The summed E-state index contributed by atoms with van der Waals surface area (Å²) in [4.78, 5) is 2.32. The largest absolute Gasteiger partial charge is 0.320 e. The molecule has 0 saturated heterocycles. The maximum absolute atomic E-state index is 3.17. The normalized spacial score (nSPS) is 13.9. The van der Waals surface area contributed by atoms with Crippen molar-refractivity contribution >= 4 is 0 Å². The molecule has 0 rings (SSSR count). The zero-order valence-corrected chi connectivity index (χ0v) is 8.35. The molecule has 0 radical (unpaired) electrons. The lowest BCUT2D eigenvalue weighted by Gasteiger charge is -2.22. The number of nitrogens with zero attached hydrogens (tertiary/aromatic N) is 1. The summed E-state index contributed by atoms with van der Waals surface area (Å²) in [5.41, 5.74) is 0. The molecule has 0 fully saturated rings. The third-order valence-electron chi connectivity index (χ3n) is 2.17. The van der Waals surface area contributed by atoms with Crippen molar-refractivity contribution in [1.29, 1.82) is 0 Å². The van der Waals surface area contributed by atoms with E-state index in [1.165, 1.54) is 19.3 Å². The van der Waals surface area contributed by atoms with E-state index in [-0.39, 0.29) is 0 Å². The van der Waals surface area contributed by atoms with Crippen LogP contribution in [-0.4, -0.2) is 38.6 Å². The third-order valence-corrected chi connectivity index (χ3v) is 2.17. The molecule has 0 heterocycles. The van der Waals surface area contributed by atoms with E-state index < -0.39 is 0 Å². The highest BCUT2D eigenvalue weighted by molar-refractivity contribution is 4.63. The Morgan fingerprint density at radius 2 is 2.00 bits per heavy atom. The minimum Gasteiger partial charge on any atom is -0.320 e. The molecular weight excluding hydrogens is 136 g/mol. The number of rotatable bonds is 6. The SMILES string of the molecule is CCC(CCCNC)N(C)C. The van der Waals surface area contributed by atoms with Crippen LogP contribution in [-0.2, 0) is 0 Å². The second-order valence-corrected chi connectivity index (χ2v) is 3.27. The van der Waals surface area contributed by atoms with E-state index in [1.807, 2.05) is 7.05 Å². The van der Waals surface area contributed by atoms with Crippen molar-refractivity contribution in [2.24, 2.45) is 0 Å². The molecule has 0 saturated carbocycles. The highest BCUT2D eigenvalue weighted by atomic mass is 15.1. The van der Waals surface area contributed by atoms with Crippen LogP contribution < -0.4 is 5.32 Å². The van der Waals surface area contributed by atoms with Crippen molar-refractivity contribution in [3.63, 3.8) is 0 Å². The summed E-state index contributed by atoms with van der Waals surface area (Å²) in [6.45, 7) is 3.40. The van der Waals surface area contributed by atoms with Gasteiger partial charge in [0.2, 0.25) is 0 Å². The fourth-order valence-electron chi connectivity index (χ4n) is 1.34. The highest BCUT2D eigenvalue weighted by Gasteiger charge is 2.06. The molecule has 1 unspecified atom stereocenters. The lowest BCUT2D eigenvalue weighted by molar-refractivity contribution is 0.266. The smallest absolute Gasteiger partial charge is 0.00870 e. The maximum Gasteiger partial charge on any atom is 0.00870 e. The van der Waals surface area contributed by atoms with Crippen LogP contribution in [0.15, 0.2) is 0 Å². The molecule has 0 aromatic heterocycles. The van der Waals surface area contributed by atoms with Gasteiger partial charge >= 0.3 is 0 Å². The standard InChI is InChI=1S/C9H22N2/c1-5-9(11(3)4)7-6-8-10-2/h9-10H,5-8H2,1-4H3. The molecule has 1 N–H and O–H groups in total. The van der Waals surface area contributed by atoms with Gasteiger partial charge < -0.3 is 10.2 Å². The van der Waals surface area contributed by atoms with Crippen LogP contribution in [0.4, 0.5) is 0 Å². The molecule has 11 heavy (non-hydrogen) atoms. The summed E-state index contributed by atoms with van der Waals surface area (Å²) in [6.07, 6.45) is 3.86. The highest BCUT2D eigenvalue weighted by Crippen LogP contribution is 2.06. The second kappa shape index (κ2) is 6.62. The third kappa shape index (κ3) is 5.22. The molecule has 0 aliphatic carbocycles. The van der Waals surface area contributed by atoms with Gasteiger partial charge in [0.05, 0.1) is 0 Å². The van der Waals surface area contributed by atoms with E-state index in [0.29, 0.717) is 0 Å². The average molecular weight is 158 g/mol. The van der Waals surface area contributed by atoms with Gasteiger partial charge in [-0.2, -0.15) is 0 Å². The molecular formula is C9H22N2. The minimum absolute atomic E-state index is 0.767. The number of hydrogen-bond donors (Lipinski definition) is 1. The number of nitrogens with one attached hydrogen (secondary N) is 1. The first-order valence-corrected chi connectivity index (χ1v) is 4.53. The first-order chi connectivity index (χ1) is 5.22. The summed E-state index contributed by atoms with van der Waals surface area (Å²) < 4.78 is 0. The van der Waals surface area contributed by atoms with E-state index in [2.05, 4.69) is 31.2 Å². The van der Waals surface area contributed by atoms with Gasteiger partial charge in [0.15, 0.2) is 0 Å². The summed E-state index contributed by atoms with van der Waals surface area (Å²) in [5.74, 6) is 0. The topological polar surface area (TPSA) is 15.3 Å². The Bertz CT molecular complexity index is 81.6. The predicted molar refractivity (Wildman–Crippen MR) is 50.9 cm³/mol. The molecule has 0 aromatic rings. The van der Waals surface area contributed by atoms with Crippen molar-refractivity contribution in [2.45, 2.75) is 32.2 Å². The van der Waals surface area contributed by atoms with Crippen LogP contribution >= 0.6 is 0 Å². The van der Waals surface area contributed by atoms with Gasteiger partial charge in [-0.15, -0.1) is 0 Å². The molecule has 0 amide bonds. The summed E-state index contributed by atoms with van der Waals surface area (Å²) in [5, 5.41) is 3.17. The zero-order valence-electron chi connectivity index (χ0n) is 8.35. The van der Waals surface area contributed by atoms with Crippen LogP contribution in [0.25, 0.3) is 0 Å². The minimum atomic E-state index is 0.767. The van der Waals surface area contributed by atoms with E-state index in [0.717, 1.165) is 12.6 Å². The first kappa shape index (κ1) is 10.9. The van der Waals surface area contributed by atoms with E-state index in [9.17, 15) is 0 Å². The average Bonchev–Trinajstić information content (AvgIpc) is 1.97. The van der Waals surface area contributed by atoms with E-state index in [1.54, 1.807) is 0 Å². The van der Waals surface area contributed by atoms with Gasteiger partial charge in [0.1, 0.15) is 0 Å². The Balaban J connectivity index is 3.36. The van der Waals surface area contributed by atoms with Gasteiger partial charge in [-0.1, -0.05) is 6.92 Å². The molecule has 0 aliphatic heterocycles. The molecule has 0 aliphatic rings. The Morgan fingerprint density at radius 1 is 1.36 bits per heavy atom. The zero-order chi connectivity index (χ0) is 8.69. The van der Waals surface area contributed by atoms with E-state index in [4.69, 9.17) is 0 Å². The van der Waals surface area contributed by atoms with Crippen molar-refractivity contribution in [3.05, 3.63) is 0 Å². The van der Waals surface area contributed by atoms with Crippen molar-refractivity contribution in [3.8, 4) is 0 Å². The summed E-state index contributed by atoms with van der Waals surface area (Å²) in [7, 11) is 6.33. The Labute approximate surface area is 71.0 Å². The Hall–Kier alpha value is -0.0800. The predicted octanol–water partition coefficient (Wildman–Crippen LogP) is 1.33. The van der Waals surface area contributed by atoms with Gasteiger partial charge in [-0.3, -0.25) is 0 Å². The van der Waals surface area contributed by atoms with Gasteiger partial charge in [0.25, 0.3) is 0 Å². The molecule has 0 aromatic carbocycles. The van der Waals surface area contributed by atoms with Crippen molar-refractivity contribution in [2.75, 3.05) is 27.7 Å². The molecule has 68 valence electrons. The van der Waals surface area contributed by atoms with Gasteiger partial charge in [-0.25, -0.2) is 0 Å². The van der Waals surface area contributed by atoms with Crippen LogP contribution in [0.1, 0.15) is 26.2 Å². The molecule has 0 bridgehead atoms. The first-order valence-electron chi connectivity index (χ1n) is 4.53. The summed E-state index contributed by atoms with van der Waals surface area (Å²) in [6, 6.07) is 0.767. The molecule has 0 spiro atoms. The summed E-state index contributed by atoms with van der Waals surface area (Å²) >= 11 is 0. The number of hydrogen-bond acceptors (Lipinski definition) is 2. The Morgan fingerprint density at radius 3 is 2.36 bits per heavy atom. The van der Waals surface area contributed by atoms with Crippen molar-refractivity contribution in [1.82, 2.24) is 10.2 Å². The fraction of sp³-hybridized carbons (Fsp3) is 1.00. The van der Waals surface area contributed by atoms with Crippen LogP contribution in [0.2, 0.25) is 0 Å². The monoisotopic (exact) mass is 158 g/mol. The van der Waals surface area contributed by atoms with Gasteiger partial charge in [0, 0.05) is 6.04 Å².